The monoisotopic (exact) mass is 639 g/mol. The Labute approximate surface area is 256 Å². The van der Waals surface area contributed by atoms with Crippen molar-refractivity contribution in [3.05, 3.63) is 100 Å². The fraction of sp³-hybridized carbons (Fsp3) is 0.355. The largest absolute Gasteiger partial charge is 0.428 e. The molecule has 0 spiro atoms. The maximum atomic E-state index is 14.9. The van der Waals surface area contributed by atoms with Gasteiger partial charge >= 0.3 is 12.3 Å². The van der Waals surface area contributed by atoms with Crippen LogP contribution in [0.5, 0.6) is 0 Å². The van der Waals surface area contributed by atoms with E-state index in [-0.39, 0.29) is 37.5 Å². The van der Waals surface area contributed by atoms with Crippen LogP contribution in [0.3, 0.4) is 0 Å². The third-order valence-electron chi connectivity index (χ3n) is 7.07. The molecule has 3 aromatic carbocycles. The molecule has 0 unspecified atom stereocenters. The molecule has 1 aliphatic heterocycles. The Morgan fingerprint density at radius 1 is 1.07 bits per heavy atom. The van der Waals surface area contributed by atoms with Crippen molar-refractivity contribution >= 4 is 29.3 Å². The maximum absolute atomic E-state index is 14.9. The minimum Gasteiger partial charge on any atom is -0.428 e. The van der Waals surface area contributed by atoms with Gasteiger partial charge in [0.25, 0.3) is 0 Å². The van der Waals surface area contributed by atoms with Gasteiger partial charge in [0.05, 0.1) is 12.7 Å². The van der Waals surface area contributed by atoms with E-state index in [4.69, 9.17) is 21.1 Å². The van der Waals surface area contributed by atoms with Crippen LogP contribution < -0.4 is 10.6 Å². The van der Waals surface area contributed by atoms with Crippen molar-refractivity contribution in [3.8, 4) is 0 Å². The predicted octanol–water partition coefficient (Wildman–Crippen LogP) is 6.66. The van der Waals surface area contributed by atoms with Crippen LogP contribution in [0.25, 0.3) is 0 Å². The Morgan fingerprint density at radius 2 is 1.73 bits per heavy atom. The molecular weight excluding hydrogens is 609 g/mol. The van der Waals surface area contributed by atoms with E-state index in [1.165, 1.54) is 24.3 Å². The van der Waals surface area contributed by atoms with Crippen molar-refractivity contribution in [2.24, 2.45) is 0 Å². The van der Waals surface area contributed by atoms with Crippen molar-refractivity contribution in [1.29, 1.82) is 0 Å². The van der Waals surface area contributed by atoms with Crippen molar-refractivity contribution in [1.82, 2.24) is 10.2 Å². The van der Waals surface area contributed by atoms with Crippen LogP contribution in [-0.4, -0.2) is 62.2 Å². The summed E-state index contributed by atoms with van der Waals surface area (Å²) in [4.78, 5) is 25.6. The lowest BCUT2D eigenvalue weighted by molar-refractivity contribution is -0.143. The molecule has 0 bridgehead atoms. The first kappa shape index (κ1) is 33.2. The predicted molar refractivity (Wildman–Crippen MR) is 154 cm³/mol. The zero-order chi connectivity index (χ0) is 31.9. The lowest BCUT2D eigenvalue weighted by atomic mass is 9.88. The van der Waals surface area contributed by atoms with Crippen molar-refractivity contribution < 1.29 is 41.0 Å². The highest BCUT2D eigenvalue weighted by atomic mass is 35.5. The molecule has 0 saturated carbocycles. The normalized spacial score (nSPS) is 17.5. The molecule has 1 aliphatic rings. The molecular formula is C31H31ClF5N3O4. The molecule has 0 radical (unpaired) electrons. The zero-order valence-electron chi connectivity index (χ0n) is 23.7. The highest BCUT2D eigenvalue weighted by Crippen LogP contribution is 2.31. The molecule has 3 aromatic rings. The standard InChI is InChI=1S/C31H31ClF5N3O4/c1-40(18-31(35,36)37)30(42)44-29-17-43-23(16-38-29)13-14-24-26(34)3-2-4-27(24)39-28(41)15-25(19-5-9-21(32)10-6-19)20-7-11-22(33)12-8-20/h2-12,23,25,29,38H,13-18H2,1H3,(H,39,41)/t23-,25+,29+/m1/s1. The summed E-state index contributed by atoms with van der Waals surface area (Å²) in [5.74, 6) is -1.71. The van der Waals surface area contributed by atoms with Crippen LogP contribution in [0.2, 0.25) is 5.02 Å². The first-order chi connectivity index (χ1) is 20.9. The number of nitrogens with one attached hydrogen (secondary N) is 2. The first-order valence-corrected chi connectivity index (χ1v) is 14.2. The molecule has 13 heteroatoms. The van der Waals surface area contributed by atoms with Crippen LogP contribution in [0.1, 0.15) is 35.4 Å². The van der Waals surface area contributed by atoms with E-state index in [9.17, 15) is 31.5 Å². The lowest BCUT2D eigenvalue weighted by Crippen LogP contribution is -2.50. The smallest absolute Gasteiger partial charge is 0.411 e. The number of alkyl halides is 3. The summed E-state index contributed by atoms with van der Waals surface area (Å²) in [6, 6.07) is 17.2. The number of carbonyl (C=O) groups excluding carboxylic acids is 2. The lowest BCUT2D eigenvalue weighted by Gasteiger charge is -2.31. The quantitative estimate of drug-likeness (QED) is 0.243. The van der Waals surface area contributed by atoms with E-state index < -0.39 is 48.7 Å². The van der Waals surface area contributed by atoms with Gasteiger partial charge in [-0.05, 0) is 60.4 Å². The Hall–Kier alpha value is -3.74. The Bertz CT molecular complexity index is 1370. The van der Waals surface area contributed by atoms with Gasteiger partial charge in [0, 0.05) is 42.2 Å². The summed E-state index contributed by atoms with van der Waals surface area (Å²) in [5.41, 5.74) is 2.10. The third-order valence-corrected chi connectivity index (χ3v) is 7.32. The maximum Gasteiger partial charge on any atom is 0.411 e. The number of hydrogen-bond donors (Lipinski definition) is 2. The molecule has 44 heavy (non-hydrogen) atoms. The summed E-state index contributed by atoms with van der Waals surface area (Å²) in [6.45, 7) is -1.35. The number of carbonyl (C=O) groups is 2. The molecule has 0 aromatic heterocycles. The number of anilines is 1. The summed E-state index contributed by atoms with van der Waals surface area (Å²) < 4.78 is 76.8. The summed E-state index contributed by atoms with van der Waals surface area (Å²) in [5, 5.41) is 6.24. The number of rotatable bonds is 10. The van der Waals surface area contributed by atoms with Gasteiger partial charge in [0.1, 0.15) is 18.2 Å². The van der Waals surface area contributed by atoms with Gasteiger partial charge in [0.2, 0.25) is 5.91 Å². The molecule has 1 saturated heterocycles. The zero-order valence-corrected chi connectivity index (χ0v) is 24.4. The van der Waals surface area contributed by atoms with Crippen LogP contribution in [-0.2, 0) is 20.7 Å². The van der Waals surface area contributed by atoms with Gasteiger partial charge in [-0.2, -0.15) is 13.2 Å². The van der Waals surface area contributed by atoms with E-state index in [1.807, 2.05) is 0 Å². The number of amides is 2. The summed E-state index contributed by atoms with van der Waals surface area (Å²) >= 11 is 6.04. The van der Waals surface area contributed by atoms with E-state index >= 15 is 0 Å². The minimum absolute atomic E-state index is 0.00284. The van der Waals surface area contributed by atoms with Crippen molar-refractivity contribution in [2.45, 2.75) is 43.7 Å². The number of morpholine rings is 1. The van der Waals surface area contributed by atoms with Crippen LogP contribution in [0, 0.1) is 11.6 Å². The van der Waals surface area contributed by atoms with Crippen LogP contribution in [0.4, 0.5) is 32.4 Å². The Balaban J connectivity index is 1.35. The average Bonchev–Trinajstić information content (AvgIpc) is 2.96. The Kier molecular flexibility index (Phi) is 11.2. The van der Waals surface area contributed by atoms with Gasteiger partial charge in [-0.1, -0.05) is 41.9 Å². The number of halogens is 6. The fourth-order valence-corrected chi connectivity index (χ4v) is 4.98. The second-order valence-electron chi connectivity index (χ2n) is 10.4. The topological polar surface area (TPSA) is 79.9 Å². The molecule has 4 rings (SSSR count). The van der Waals surface area contributed by atoms with Gasteiger partial charge in [-0.3, -0.25) is 10.1 Å². The molecule has 7 nitrogen and oxygen atoms in total. The van der Waals surface area contributed by atoms with Gasteiger partial charge < -0.3 is 19.7 Å². The number of ether oxygens (including phenoxy) is 2. The van der Waals surface area contributed by atoms with E-state index in [0.29, 0.717) is 22.0 Å². The van der Waals surface area contributed by atoms with Crippen molar-refractivity contribution in [2.75, 3.05) is 32.1 Å². The van der Waals surface area contributed by atoms with Crippen LogP contribution in [0.15, 0.2) is 66.7 Å². The van der Waals surface area contributed by atoms with Gasteiger partial charge in [-0.25, -0.2) is 13.6 Å². The second kappa shape index (κ2) is 14.8. The third kappa shape index (κ3) is 9.63. The molecule has 0 aliphatic carbocycles. The van der Waals surface area contributed by atoms with Gasteiger partial charge in [-0.15, -0.1) is 0 Å². The number of hydrogen-bond acceptors (Lipinski definition) is 5. The Morgan fingerprint density at radius 3 is 2.34 bits per heavy atom. The highest BCUT2D eigenvalue weighted by molar-refractivity contribution is 6.30. The van der Waals surface area contributed by atoms with Gasteiger partial charge in [0.15, 0.2) is 6.23 Å². The SMILES string of the molecule is CN(CC(F)(F)F)C(=O)O[C@H]1CO[C@H](CCc2c(F)cccc2NC(=O)C[C@H](c2ccc(F)cc2)c2ccc(Cl)cc2)CN1. The first-order valence-electron chi connectivity index (χ1n) is 13.8. The second-order valence-corrected chi connectivity index (χ2v) is 10.9. The molecule has 1 heterocycles. The fourth-order valence-electron chi connectivity index (χ4n) is 4.85. The van der Waals surface area contributed by atoms with E-state index in [2.05, 4.69) is 10.6 Å². The molecule has 3 atom stereocenters. The molecule has 236 valence electrons. The number of benzene rings is 3. The minimum atomic E-state index is -4.55. The summed E-state index contributed by atoms with van der Waals surface area (Å²) in [6.07, 6.45) is -6.51. The molecule has 2 amide bonds. The van der Waals surface area contributed by atoms with E-state index in [0.717, 1.165) is 18.2 Å². The van der Waals surface area contributed by atoms with E-state index in [1.54, 1.807) is 42.5 Å². The average molecular weight is 640 g/mol. The highest BCUT2D eigenvalue weighted by Gasteiger charge is 2.33. The molecule has 1 fully saturated rings. The van der Waals surface area contributed by atoms with Crippen LogP contribution >= 0.6 is 11.6 Å². The number of nitrogens with zero attached hydrogens (tertiary/aromatic N) is 1. The molecule has 2 N–H and O–H groups in total. The summed E-state index contributed by atoms with van der Waals surface area (Å²) in [7, 11) is 0.980. The van der Waals surface area contributed by atoms with Crippen molar-refractivity contribution in [3.63, 3.8) is 0 Å².